The largest absolute Gasteiger partial charge is 0.496 e. The molecule has 0 spiro atoms. The molecule has 1 aromatic carbocycles. The van der Waals surface area contributed by atoms with Crippen LogP contribution in [-0.2, 0) is 0 Å². The van der Waals surface area contributed by atoms with Crippen LogP contribution in [0.2, 0.25) is 0 Å². The molecule has 16 heavy (non-hydrogen) atoms. The second kappa shape index (κ2) is 4.97. The van der Waals surface area contributed by atoms with E-state index in [9.17, 15) is 0 Å². The van der Waals surface area contributed by atoms with E-state index < -0.39 is 0 Å². The van der Waals surface area contributed by atoms with E-state index in [0.717, 1.165) is 26.0 Å². The highest BCUT2D eigenvalue weighted by molar-refractivity contribution is 9.11. The maximum absolute atomic E-state index is 5.32. The number of hydrogen-bond acceptors (Lipinski definition) is 2. The second-order valence-electron chi connectivity index (χ2n) is 3.19. The minimum absolute atomic E-state index is 0.804. The molecule has 4 heteroatoms. The third-order valence-electron chi connectivity index (χ3n) is 2.22. The van der Waals surface area contributed by atoms with Gasteiger partial charge in [-0.05, 0) is 44.0 Å². The Morgan fingerprint density at radius 2 is 1.88 bits per heavy atom. The molecule has 0 aliphatic carbocycles. The first-order chi connectivity index (χ1) is 7.72. The summed E-state index contributed by atoms with van der Waals surface area (Å²) < 4.78 is 7.11. The Labute approximate surface area is 111 Å². The van der Waals surface area contributed by atoms with Crippen LogP contribution >= 0.6 is 31.9 Å². The van der Waals surface area contributed by atoms with E-state index in [2.05, 4.69) is 36.8 Å². The van der Waals surface area contributed by atoms with Crippen molar-refractivity contribution in [1.82, 2.24) is 4.98 Å². The molecule has 0 saturated heterocycles. The summed E-state index contributed by atoms with van der Waals surface area (Å²) in [5.41, 5.74) is 2.04. The van der Waals surface area contributed by atoms with Crippen molar-refractivity contribution in [3.8, 4) is 16.9 Å². The summed E-state index contributed by atoms with van der Waals surface area (Å²) in [6, 6.07) is 9.79. The zero-order chi connectivity index (χ0) is 11.5. The summed E-state index contributed by atoms with van der Waals surface area (Å²) in [6.07, 6.45) is 1.81. The normalized spacial score (nSPS) is 10.2. The third-order valence-corrected chi connectivity index (χ3v) is 3.31. The standard InChI is InChI=1S/C12H9Br2NO/c1-16-11-5-3-2-4-8(11)9-7-15-12(14)6-10(9)13/h2-7H,1H3. The summed E-state index contributed by atoms with van der Waals surface area (Å²) in [4.78, 5) is 4.22. The highest BCUT2D eigenvalue weighted by Gasteiger charge is 2.09. The first kappa shape index (κ1) is 11.6. The van der Waals surface area contributed by atoms with Gasteiger partial charge in [0.25, 0.3) is 0 Å². The maximum Gasteiger partial charge on any atom is 0.126 e. The van der Waals surface area contributed by atoms with Crippen LogP contribution < -0.4 is 4.74 Å². The van der Waals surface area contributed by atoms with Gasteiger partial charge in [-0.3, -0.25) is 0 Å². The second-order valence-corrected chi connectivity index (χ2v) is 4.85. The Hall–Kier alpha value is -0.870. The maximum atomic E-state index is 5.32. The van der Waals surface area contributed by atoms with Crippen LogP contribution in [0.25, 0.3) is 11.1 Å². The Balaban J connectivity index is 2.58. The van der Waals surface area contributed by atoms with E-state index in [-0.39, 0.29) is 0 Å². The fourth-order valence-electron chi connectivity index (χ4n) is 1.47. The van der Waals surface area contributed by atoms with Gasteiger partial charge in [0.1, 0.15) is 10.4 Å². The molecular formula is C12H9Br2NO. The fourth-order valence-corrected chi connectivity index (χ4v) is 2.64. The molecule has 0 fully saturated rings. The predicted octanol–water partition coefficient (Wildman–Crippen LogP) is 4.28. The van der Waals surface area contributed by atoms with Crippen molar-refractivity contribution in [2.24, 2.45) is 0 Å². The van der Waals surface area contributed by atoms with Crippen LogP contribution in [0.4, 0.5) is 0 Å². The van der Waals surface area contributed by atoms with Gasteiger partial charge in [0.05, 0.1) is 7.11 Å². The Morgan fingerprint density at radius 1 is 1.12 bits per heavy atom. The lowest BCUT2D eigenvalue weighted by molar-refractivity contribution is 0.416. The van der Waals surface area contributed by atoms with Gasteiger partial charge in [0.15, 0.2) is 0 Å². The molecule has 2 rings (SSSR count). The number of para-hydroxylation sites is 1. The molecule has 0 radical (unpaired) electrons. The zero-order valence-corrected chi connectivity index (χ0v) is 11.7. The van der Waals surface area contributed by atoms with Crippen molar-refractivity contribution in [1.29, 1.82) is 0 Å². The Morgan fingerprint density at radius 3 is 2.56 bits per heavy atom. The van der Waals surface area contributed by atoms with Crippen molar-refractivity contribution in [3.05, 3.63) is 45.6 Å². The lowest BCUT2D eigenvalue weighted by atomic mass is 10.1. The van der Waals surface area contributed by atoms with Gasteiger partial charge in [0, 0.05) is 21.8 Å². The number of benzene rings is 1. The van der Waals surface area contributed by atoms with E-state index in [1.807, 2.05) is 36.5 Å². The number of hydrogen-bond donors (Lipinski definition) is 0. The zero-order valence-electron chi connectivity index (χ0n) is 8.58. The monoisotopic (exact) mass is 341 g/mol. The minimum Gasteiger partial charge on any atom is -0.496 e. The number of aromatic nitrogens is 1. The van der Waals surface area contributed by atoms with Crippen molar-refractivity contribution < 1.29 is 4.74 Å². The van der Waals surface area contributed by atoms with Crippen molar-refractivity contribution in [2.75, 3.05) is 7.11 Å². The van der Waals surface area contributed by atoms with Crippen LogP contribution in [0.1, 0.15) is 0 Å². The van der Waals surface area contributed by atoms with Crippen molar-refractivity contribution in [2.45, 2.75) is 0 Å². The summed E-state index contributed by atoms with van der Waals surface area (Å²) in [5.74, 6) is 0.840. The van der Waals surface area contributed by atoms with Gasteiger partial charge >= 0.3 is 0 Å². The molecule has 1 aromatic heterocycles. The first-order valence-corrected chi connectivity index (χ1v) is 6.25. The molecule has 2 aromatic rings. The molecule has 82 valence electrons. The average molecular weight is 343 g/mol. The van der Waals surface area contributed by atoms with E-state index in [4.69, 9.17) is 4.74 Å². The van der Waals surface area contributed by atoms with Gasteiger partial charge in [-0.15, -0.1) is 0 Å². The molecule has 0 bridgehead atoms. The fraction of sp³-hybridized carbons (Fsp3) is 0.0833. The topological polar surface area (TPSA) is 22.1 Å². The molecule has 0 N–H and O–H groups in total. The molecule has 0 amide bonds. The quantitative estimate of drug-likeness (QED) is 0.760. The van der Waals surface area contributed by atoms with Gasteiger partial charge in [-0.1, -0.05) is 18.2 Å². The number of nitrogens with zero attached hydrogens (tertiary/aromatic N) is 1. The summed E-state index contributed by atoms with van der Waals surface area (Å²) in [6.45, 7) is 0. The summed E-state index contributed by atoms with van der Waals surface area (Å²) in [7, 11) is 1.67. The summed E-state index contributed by atoms with van der Waals surface area (Å²) in [5, 5.41) is 0. The molecule has 0 atom stereocenters. The smallest absolute Gasteiger partial charge is 0.126 e. The van der Waals surface area contributed by atoms with E-state index in [0.29, 0.717) is 0 Å². The van der Waals surface area contributed by atoms with Gasteiger partial charge < -0.3 is 4.74 Å². The average Bonchev–Trinajstić information content (AvgIpc) is 2.29. The minimum atomic E-state index is 0.804. The molecule has 0 aliphatic rings. The molecule has 2 nitrogen and oxygen atoms in total. The van der Waals surface area contributed by atoms with Gasteiger partial charge in [-0.25, -0.2) is 4.98 Å². The molecule has 0 unspecified atom stereocenters. The highest BCUT2D eigenvalue weighted by atomic mass is 79.9. The Kier molecular flexibility index (Phi) is 3.61. The lowest BCUT2D eigenvalue weighted by Crippen LogP contribution is -1.89. The third kappa shape index (κ3) is 2.28. The van der Waals surface area contributed by atoms with Crippen LogP contribution in [0, 0.1) is 0 Å². The van der Waals surface area contributed by atoms with E-state index in [1.54, 1.807) is 7.11 Å². The van der Waals surface area contributed by atoms with Crippen molar-refractivity contribution in [3.63, 3.8) is 0 Å². The first-order valence-electron chi connectivity index (χ1n) is 4.67. The number of halogens is 2. The number of ether oxygens (including phenoxy) is 1. The van der Waals surface area contributed by atoms with Crippen LogP contribution in [0.5, 0.6) is 5.75 Å². The summed E-state index contributed by atoms with van der Waals surface area (Å²) >= 11 is 6.85. The highest BCUT2D eigenvalue weighted by Crippen LogP contribution is 2.35. The van der Waals surface area contributed by atoms with Crippen molar-refractivity contribution >= 4 is 31.9 Å². The van der Waals surface area contributed by atoms with Crippen LogP contribution in [0.3, 0.4) is 0 Å². The number of methoxy groups -OCH3 is 1. The van der Waals surface area contributed by atoms with Crippen LogP contribution in [-0.4, -0.2) is 12.1 Å². The van der Waals surface area contributed by atoms with E-state index >= 15 is 0 Å². The number of rotatable bonds is 2. The molecule has 0 aliphatic heterocycles. The van der Waals surface area contributed by atoms with Gasteiger partial charge in [-0.2, -0.15) is 0 Å². The predicted molar refractivity (Wildman–Crippen MR) is 71.6 cm³/mol. The molecule has 0 saturated carbocycles. The SMILES string of the molecule is COc1ccccc1-c1cnc(Br)cc1Br. The van der Waals surface area contributed by atoms with Crippen LogP contribution in [0.15, 0.2) is 45.6 Å². The van der Waals surface area contributed by atoms with Gasteiger partial charge in [0.2, 0.25) is 0 Å². The lowest BCUT2D eigenvalue weighted by Gasteiger charge is -2.09. The Bertz CT molecular complexity index is 514. The number of pyridine rings is 1. The van der Waals surface area contributed by atoms with E-state index in [1.165, 1.54) is 0 Å². The molecule has 1 heterocycles. The molecular weight excluding hydrogens is 334 g/mol.